The predicted octanol–water partition coefficient (Wildman–Crippen LogP) is 9.19. The quantitative estimate of drug-likeness (QED) is 0.109. The number of β-amino-alcohol motifs (C(OH)–C–C–N with tert-alkyl or cyclic N) is 2. The first-order chi connectivity index (χ1) is 27.4. The standard InChI is InChI=1S/C20H27N3O3.C15H19N3O.C11H10ClN.2ClH/c1-12-6-7-15-14(8-12)13(2)9-18(21-15)22-16-10-23(11-17(16)24)19(25)26-20(3,4)5;1-9-3-4-12-11(5-9)10(2)6-15(17-12)18-13-7-16-8-14(13)19;1-7-3-4-10-9(5-7)8(2)6-11(12)13-10;;/h6-9,16-17,24H,10-11H2,1-5H3,(H,21,22);3-6,13-14,16,19H,7-8H2,1-2H3,(H,17,18);3-6H,1-2H3;2*1H/t16-,17-;13-,14-;;;/m11.../s1. The maximum atomic E-state index is 12.2. The molecule has 0 unspecified atom stereocenters. The minimum absolute atomic E-state index is 0. The number of aromatic nitrogens is 3. The average molecular weight is 879 g/mol. The number of pyridine rings is 3. The zero-order chi connectivity index (χ0) is 41.9. The topological polar surface area (TPSA) is 145 Å². The van der Waals surface area contributed by atoms with Gasteiger partial charge in [-0.05, 0) is 134 Å². The van der Waals surface area contributed by atoms with E-state index in [1.165, 1.54) is 43.5 Å². The number of halogens is 3. The van der Waals surface area contributed by atoms with Crippen molar-refractivity contribution >= 4 is 86.9 Å². The number of nitrogens with zero attached hydrogens (tertiary/aromatic N) is 4. The number of carbonyl (C=O) groups is 1. The second-order valence-electron chi connectivity index (χ2n) is 16.7. The lowest BCUT2D eigenvalue weighted by atomic mass is 10.1. The molecule has 4 atom stereocenters. The van der Waals surface area contributed by atoms with Gasteiger partial charge in [0.15, 0.2) is 0 Å². The Morgan fingerprint density at radius 2 is 1.12 bits per heavy atom. The molecule has 0 saturated carbocycles. The largest absolute Gasteiger partial charge is 0.444 e. The Morgan fingerprint density at radius 1 is 0.667 bits per heavy atom. The van der Waals surface area contributed by atoms with Gasteiger partial charge in [-0.25, -0.2) is 19.7 Å². The molecule has 5 heterocycles. The normalized spacial score (nSPS) is 18.4. The fraction of sp³-hybridized carbons (Fsp3) is 0.391. The predicted molar refractivity (Wildman–Crippen MR) is 251 cm³/mol. The smallest absolute Gasteiger partial charge is 0.410 e. The van der Waals surface area contributed by atoms with Crippen LogP contribution >= 0.6 is 36.4 Å². The molecule has 0 spiro atoms. The molecule has 0 aliphatic carbocycles. The Hall–Kier alpha value is -4.49. The molecule has 0 radical (unpaired) electrons. The van der Waals surface area contributed by atoms with Crippen LogP contribution in [0.5, 0.6) is 0 Å². The summed E-state index contributed by atoms with van der Waals surface area (Å²) in [6.07, 6.45) is -1.42. The molecule has 2 fully saturated rings. The maximum absolute atomic E-state index is 12.2. The first kappa shape index (κ1) is 48.2. The minimum Gasteiger partial charge on any atom is -0.444 e. The van der Waals surface area contributed by atoms with E-state index in [-0.39, 0.29) is 49.5 Å². The Labute approximate surface area is 370 Å². The van der Waals surface area contributed by atoms with Gasteiger partial charge in [-0.3, -0.25) is 0 Å². The summed E-state index contributed by atoms with van der Waals surface area (Å²) in [4.78, 5) is 27.3. The molecule has 3 aromatic heterocycles. The van der Waals surface area contributed by atoms with Crippen molar-refractivity contribution in [2.45, 2.75) is 92.2 Å². The van der Waals surface area contributed by atoms with Gasteiger partial charge in [0.1, 0.15) is 22.4 Å². The molecule has 14 heteroatoms. The number of aliphatic hydroxyl groups is 2. The Bertz CT molecular complexity index is 2440. The van der Waals surface area contributed by atoms with Crippen molar-refractivity contribution < 1.29 is 19.7 Å². The first-order valence-corrected chi connectivity index (χ1v) is 20.2. The molecular formula is C46H58Cl3N7O4. The van der Waals surface area contributed by atoms with Gasteiger partial charge in [-0.2, -0.15) is 0 Å². The molecule has 8 rings (SSSR count). The number of hydrogen-bond acceptors (Lipinski definition) is 10. The molecule has 11 nitrogen and oxygen atoms in total. The molecule has 0 bridgehead atoms. The maximum Gasteiger partial charge on any atom is 0.410 e. The highest BCUT2D eigenvalue weighted by Gasteiger charge is 2.36. The third-order valence-electron chi connectivity index (χ3n) is 10.3. The van der Waals surface area contributed by atoms with E-state index < -0.39 is 17.8 Å². The van der Waals surface area contributed by atoms with E-state index in [9.17, 15) is 15.0 Å². The van der Waals surface area contributed by atoms with Gasteiger partial charge in [0.2, 0.25) is 0 Å². The second kappa shape index (κ2) is 20.4. The van der Waals surface area contributed by atoms with E-state index in [1.807, 2.05) is 76.2 Å². The number of aliphatic hydroxyl groups excluding tert-OH is 2. The summed E-state index contributed by atoms with van der Waals surface area (Å²) in [5, 5.41) is 34.0. The van der Waals surface area contributed by atoms with Gasteiger partial charge < -0.3 is 35.8 Å². The summed E-state index contributed by atoms with van der Waals surface area (Å²) < 4.78 is 5.39. The number of fused-ring (bicyclic) bond motifs is 3. The minimum atomic E-state index is -0.668. The SMILES string of the molecule is Cc1ccc2nc(Cl)cc(C)c2c1.Cc1ccc2nc(N[C@@H]3CN(C(=O)OC(C)(C)C)C[C@H]3O)cc(C)c2c1.Cc1ccc2nc(N[C@@H]3CNC[C@H]3O)cc(C)c2c1.Cl.Cl. The van der Waals surface area contributed by atoms with Crippen molar-refractivity contribution in [1.29, 1.82) is 0 Å². The van der Waals surface area contributed by atoms with Crippen molar-refractivity contribution in [2.75, 3.05) is 36.8 Å². The van der Waals surface area contributed by atoms with Crippen molar-refractivity contribution in [1.82, 2.24) is 25.2 Å². The number of ether oxygens (including phenoxy) is 1. The van der Waals surface area contributed by atoms with Crippen LogP contribution in [0.2, 0.25) is 5.15 Å². The van der Waals surface area contributed by atoms with E-state index in [0.29, 0.717) is 24.1 Å². The molecular weight excluding hydrogens is 821 g/mol. The molecule has 2 saturated heterocycles. The van der Waals surface area contributed by atoms with E-state index in [4.69, 9.17) is 16.3 Å². The lowest BCUT2D eigenvalue weighted by molar-refractivity contribution is 0.0270. The summed E-state index contributed by atoms with van der Waals surface area (Å²) in [6, 6.07) is 24.3. The van der Waals surface area contributed by atoms with Crippen LogP contribution in [0.3, 0.4) is 0 Å². The molecule has 60 heavy (non-hydrogen) atoms. The number of likely N-dealkylation sites (tertiary alicyclic amines) is 1. The van der Waals surface area contributed by atoms with Crippen molar-refractivity contribution in [3.05, 3.63) is 111 Å². The number of anilines is 2. The van der Waals surface area contributed by atoms with Gasteiger partial charge in [0.05, 0.1) is 47.4 Å². The Morgan fingerprint density at radius 3 is 1.57 bits per heavy atom. The van der Waals surface area contributed by atoms with Crippen LogP contribution in [0, 0.1) is 41.5 Å². The van der Waals surface area contributed by atoms with E-state index in [1.54, 1.807) is 0 Å². The molecule has 322 valence electrons. The Balaban J connectivity index is 0.000000206. The van der Waals surface area contributed by atoms with Gasteiger partial charge in [0.25, 0.3) is 0 Å². The zero-order valence-electron chi connectivity index (χ0n) is 35.8. The lowest BCUT2D eigenvalue weighted by Gasteiger charge is -2.24. The van der Waals surface area contributed by atoms with Crippen molar-refractivity contribution in [3.63, 3.8) is 0 Å². The summed E-state index contributed by atoms with van der Waals surface area (Å²) in [6.45, 7) is 20.0. The summed E-state index contributed by atoms with van der Waals surface area (Å²) in [5.41, 5.74) is 9.52. The number of amides is 1. The van der Waals surface area contributed by atoms with Crippen LogP contribution in [-0.4, -0.2) is 92.2 Å². The zero-order valence-corrected chi connectivity index (χ0v) is 38.1. The van der Waals surface area contributed by atoms with E-state index in [2.05, 4.69) is 89.8 Å². The van der Waals surface area contributed by atoms with Gasteiger partial charge >= 0.3 is 6.09 Å². The van der Waals surface area contributed by atoms with Gasteiger partial charge in [0, 0.05) is 35.8 Å². The second-order valence-corrected chi connectivity index (χ2v) is 17.0. The van der Waals surface area contributed by atoms with E-state index in [0.717, 1.165) is 39.9 Å². The van der Waals surface area contributed by atoms with Crippen LogP contribution in [0.15, 0.2) is 72.8 Å². The molecule has 2 aliphatic rings. The third kappa shape index (κ3) is 12.3. The first-order valence-electron chi connectivity index (χ1n) is 19.8. The average Bonchev–Trinajstić information content (AvgIpc) is 3.72. The number of aryl methyl sites for hydroxylation is 6. The molecule has 5 N–H and O–H groups in total. The molecule has 1 amide bonds. The summed E-state index contributed by atoms with van der Waals surface area (Å²) in [5.74, 6) is 1.54. The highest BCUT2D eigenvalue weighted by molar-refractivity contribution is 6.29. The number of hydrogen-bond donors (Lipinski definition) is 5. The van der Waals surface area contributed by atoms with Gasteiger partial charge in [-0.1, -0.05) is 46.5 Å². The van der Waals surface area contributed by atoms with Crippen molar-refractivity contribution in [2.24, 2.45) is 0 Å². The fourth-order valence-corrected chi connectivity index (χ4v) is 7.48. The van der Waals surface area contributed by atoms with Crippen LogP contribution in [0.1, 0.15) is 54.2 Å². The summed E-state index contributed by atoms with van der Waals surface area (Å²) >= 11 is 5.85. The van der Waals surface area contributed by atoms with E-state index >= 15 is 0 Å². The number of nitrogens with one attached hydrogen (secondary N) is 3. The summed E-state index contributed by atoms with van der Waals surface area (Å²) in [7, 11) is 0. The number of benzene rings is 3. The molecule has 6 aromatic rings. The lowest BCUT2D eigenvalue weighted by Crippen LogP contribution is -2.36. The monoisotopic (exact) mass is 877 g/mol. The number of carbonyl (C=O) groups excluding carboxylic acids is 1. The molecule has 3 aromatic carbocycles. The van der Waals surface area contributed by atoms with Crippen LogP contribution in [0.25, 0.3) is 32.7 Å². The fourth-order valence-electron chi connectivity index (χ4n) is 7.23. The highest BCUT2D eigenvalue weighted by Crippen LogP contribution is 2.26. The number of rotatable bonds is 4. The van der Waals surface area contributed by atoms with Crippen LogP contribution < -0.4 is 16.0 Å². The molecule has 2 aliphatic heterocycles. The van der Waals surface area contributed by atoms with Crippen molar-refractivity contribution in [3.8, 4) is 0 Å². The highest BCUT2D eigenvalue weighted by atomic mass is 35.5. The van der Waals surface area contributed by atoms with Crippen LogP contribution in [0.4, 0.5) is 16.4 Å². The third-order valence-corrected chi connectivity index (χ3v) is 10.5. The Kier molecular flexibility index (Phi) is 16.4. The van der Waals surface area contributed by atoms with Gasteiger partial charge in [-0.15, -0.1) is 24.8 Å². The van der Waals surface area contributed by atoms with Crippen LogP contribution in [-0.2, 0) is 4.74 Å².